The van der Waals surface area contributed by atoms with Crippen molar-refractivity contribution >= 4 is 23.4 Å². The topological polar surface area (TPSA) is 81.1 Å². The molecule has 4 rings (SSSR count). The number of benzene rings is 1. The van der Waals surface area contributed by atoms with Crippen molar-refractivity contribution in [2.75, 3.05) is 0 Å². The predicted molar refractivity (Wildman–Crippen MR) is 110 cm³/mol. The summed E-state index contributed by atoms with van der Waals surface area (Å²) in [5.74, 6) is -0.523. The van der Waals surface area contributed by atoms with Gasteiger partial charge in [0.2, 0.25) is 11.8 Å². The van der Waals surface area contributed by atoms with E-state index in [1.54, 1.807) is 24.4 Å². The molecular formula is C22H18ClN3O3. The van der Waals surface area contributed by atoms with Gasteiger partial charge in [-0.2, -0.15) is 0 Å². The van der Waals surface area contributed by atoms with Crippen LogP contribution in [0.3, 0.4) is 0 Å². The summed E-state index contributed by atoms with van der Waals surface area (Å²) in [4.78, 5) is 40.3. The molecule has 6 nitrogen and oxygen atoms in total. The summed E-state index contributed by atoms with van der Waals surface area (Å²) < 4.78 is 1.53. The molecule has 1 atom stereocenters. The van der Waals surface area contributed by atoms with Gasteiger partial charge in [0.1, 0.15) is 5.82 Å². The first-order chi connectivity index (χ1) is 14.0. The minimum Gasteiger partial charge on any atom is -0.296 e. The summed E-state index contributed by atoms with van der Waals surface area (Å²) >= 11 is 6.64. The zero-order valence-electron chi connectivity index (χ0n) is 15.7. The van der Waals surface area contributed by atoms with Gasteiger partial charge in [0.05, 0.1) is 10.9 Å². The van der Waals surface area contributed by atoms with Crippen LogP contribution in [0.1, 0.15) is 30.0 Å². The summed E-state index contributed by atoms with van der Waals surface area (Å²) in [6, 6.07) is 14.1. The summed E-state index contributed by atoms with van der Waals surface area (Å²) in [6.07, 6.45) is 2.38. The van der Waals surface area contributed by atoms with Crippen LogP contribution in [0.5, 0.6) is 0 Å². The lowest BCUT2D eigenvalue weighted by atomic mass is 9.88. The van der Waals surface area contributed by atoms with E-state index >= 15 is 0 Å². The largest absolute Gasteiger partial charge is 0.296 e. The molecule has 146 valence electrons. The van der Waals surface area contributed by atoms with E-state index in [2.05, 4.69) is 10.3 Å². The van der Waals surface area contributed by atoms with Gasteiger partial charge < -0.3 is 0 Å². The van der Waals surface area contributed by atoms with Crippen molar-refractivity contribution in [3.05, 3.63) is 81.4 Å². The number of aromatic nitrogens is 2. The van der Waals surface area contributed by atoms with E-state index in [1.807, 2.05) is 31.2 Å². The van der Waals surface area contributed by atoms with Gasteiger partial charge in [-0.3, -0.25) is 24.3 Å². The molecule has 0 spiro atoms. The molecule has 1 N–H and O–H groups in total. The molecular weight excluding hydrogens is 390 g/mol. The molecule has 0 aliphatic carbocycles. The number of rotatable bonds is 3. The van der Waals surface area contributed by atoms with Crippen LogP contribution < -0.4 is 10.9 Å². The van der Waals surface area contributed by atoms with Crippen LogP contribution >= 0.6 is 11.6 Å². The Bertz CT molecular complexity index is 1170. The maximum Gasteiger partial charge on any atom is 0.256 e. The van der Waals surface area contributed by atoms with Crippen LogP contribution in [0.4, 0.5) is 0 Å². The van der Waals surface area contributed by atoms with Crippen molar-refractivity contribution in [1.29, 1.82) is 0 Å². The Labute approximate surface area is 172 Å². The number of piperidine rings is 1. The molecule has 1 aromatic carbocycles. The van der Waals surface area contributed by atoms with Crippen LogP contribution in [0.25, 0.3) is 16.9 Å². The lowest BCUT2D eigenvalue weighted by Gasteiger charge is -2.23. The minimum atomic E-state index is -0.460. The van der Waals surface area contributed by atoms with Crippen molar-refractivity contribution in [3.63, 3.8) is 0 Å². The summed E-state index contributed by atoms with van der Waals surface area (Å²) in [5, 5.41) is 2.83. The number of nitrogens with one attached hydrogen (secondary N) is 1. The van der Waals surface area contributed by atoms with Crippen molar-refractivity contribution in [2.24, 2.45) is 0 Å². The van der Waals surface area contributed by atoms with E-state index in [0.29, 0.717) is 29.2 Å². The highest BCUT2D eigenvalue weighted by Gasteiger charge is 2.30. The van der Waals surface area contributed by atoms with E-state index in [-0.39, 0.29) is 17.4 Å². The molecule has 7 heteroatoms. The molecule has 1 aliphatic heterocycles. The van der Waals surface area contributed by atoms with Gasteiger partial charge >= 0.3 is 0 Å². The second-order valence-electron chi connectivity index (χ2n) is 6.96. The lowest BCUT2D eigenvalue weighted by molar-refractivity contribution is -0.134. The number of carbonyl (C=O) groups excluding carboxylic acids is 2. The molecule has 1 unspecified atom stereocenters. The molecule has 2 aromatic heterocycles. The second kappa shape index (κ2) is 7.64. The van der Waals surface area contributed by atoms with Gasteiger partial charge in [-0.05, 0) is 37.1 Å². The lowest BCUT2D eigenvalue weighted by Crippen LogP contribution is -2.39. The minimum absolute atomic E-state index is 0.150. The maximum atomic E-state index is 12.2. The molecule has 0 radical (unpaired) electrons. The highest BCUT2D eigenvalue weighted by atomic mass is 35.5. The van der Waals surface area contributed by atoms with Gasteiger partial charge in [-0.25, -0.2) is 4.98 Å². The number of amides is 2. The maximum absolute atomic E-state index is 12.2. The second-order valence-corrected chi connectivity index (χ2v) is 7.34. The Morgan fingerprint density at radius 1 is 1.07 bits per heavy atom. The zero-order chi connectivity index (χ0) is 20.5. The fourth-order valence-electron chi connectivity index (χ4n) is 3.60. The third kappa shape index (κ3) is 3.59. The van der Waals surface area contributed by atoms with Gasteiger partial charge in [0, 0.05) is 35.5 Å². The number of nitrogens with zero attached hydrogens (tertiary/aromatic N) is 2. The fraction of sp³-hybridized carbons (Fsp3) is 0.182. The fourth-order valence-corrected chi connectivity index (χ4v) is 3.96. The first-order valence-electron chi connectivity index (χ1n) is 9.23. The van der Waals surface area contributed by atoms with Gasteiger partial charge in [-0.15, -0.1) is 0 Å². The first kappa shape index (κ1) is 19.1. The van der Waals surface area contributed by atoms with Crippen molar-refractivity contribution < 1.29 is 9.59 Å². The normalized spacial score (nSPS) is 16.6. The van der Waals surface area contributed by atoms with Crippen LogP contribution in [0, 0.1) is 6.92 Å². The molecule has 1 aliphatic rings. The van der Waals surface area contributed by atoms with Crippen LogP contribution in [0.15, 0.2) is 59.5 Å². The molecule has 0 saturated carbocycles. The van der Waals surface area contributed by atoms with Crippen molar-refractivity contribution in [2.45, 2.75) is 25.7 Å². The number of hydrogen-bond acceptors (Lipinski definition) is 4. The highest BCUT2D eigenvalue weighted by molar-refractivity contribution is 6.34. The van der Waals surface area contributed by atoms with Crippen molar-refractivity contribution in [1.82, 2.24) is 14.9 Å². The molecule has 1 fully saturated rings. The van der Waals surface area contributed by atoms with E-state index < -0.39 is 5.92 Å². The van der Waals surface area contributed by atoms with E-state index in [9.17, 15) is 14.4 Å². The zero-order valence-corrected chi connectivity index (χ0v) is 16.4. The molecule has 2 amide bonds. The Morgan fingerprint density at radius 2 is 1.86 bits per heavy atom. The van der Waals surface area contributed by atoms with E-state index in [4.69, 9.17) is 11.6 Å². The number of pyridine rings is 2. The van der Waals surface area contributed by atoms with Gasteiger partial charge in [0.25, 0.3) is 5.56 Å². The number of carbonyl (C=O) groups is 2. The van der Waals surface area contributed by atoms with E-state index in [0.717, 1.165) is 16.8 Å². The Balaban J connectivity index is 1.70. The molecule has 3 aromatic rings. The summed E-state index contributed by atoms with van der Waals surface area (Å²) in [7, 11) is 0. The Hall–Kier alpha value is -3.25. The SMILES string of the molecule is Cc1cccc(=O)n1-c1ccc(-c2cccc(C3CCC(=O)NC3=O)c2Cl)cn1. The van der Waals surface area contributed by atoms with Crippen molar-refractivity contribution in [3.8, 4) is 16.9 Å². The average molecular weight is 408 g/mol. The monoisotopic (exact) mass is 407 g/mol. The number of imide groups is 1. The summed E-state index contributed by atoms with van der Waals surface area (Å²) in [5.41, 5.74) is 2.84. The molecule has 0 bridgehead atoms. The Morgan fingerprint density at radius 3 is 2.55 bits per heavy atom. The predicted octanol–water partition coefficient (Wildman–Crippen LogP) is 3.38. The standard InChI is InChI=1S/C22H18ClN3O3/c1-13-4-2-7-20(28)26(13)18-10-8-14(12-24-18)15-5-3-6-16(21(15)23)17-9-11-19(27)25-22(17)29/h2-8,10,12,17H,9,11H2,1H3,(H,25,27,29). The third-order valence-corrected chi connectivity index (χ3v) is 5.50. The third-order valence-electron chi connectivity index (χ3n) is 5.08. The van der Waals surface area contributed by atoms with Gasteiger partial charge in [-0.1, -0.05) is 35.9 Å². The highest BCUT2D eigenvalue weighted by Crippen LogP contribution is 2.37. The number of hydrogen-bond donors (Lipinski definition) is 1. The van der Waals surface area contributed by atoms with Crippen LogP contribution in [-0.4, -0.2) is 21.4 Å². The molecule has 3 heterocycles. The average Bonchev–Trinajstić information content (AvgIpc) is 2.69. The molecule has 1 saturated heterocycles. The van der Waals surface area contributed by atoms with Gasteiger partial charge in [0.15, 0.2) is 0 Å². The quantitative estimate of drug-likeness (QED) is 0.675. The van der Waals surface area contributed by atoms with Crippen LogP contribution in [0.2, 0.25) is 5.02 Å². The number of aryl methyl sites for hydroxylation is 1. The first-order valence-corrected chi connectivity index (χ1v) is 9.61. The Kier molecular flexibility index (Phi) is 5.03. The summed E-state index contributed by atoms with van der Waals surface area (Å²) in [6.45, 7) is 1.84. The molecule has 29 heavy (non-hydrogen) atoms. The van der Waals surface area contributed by atoms with Crippen LogP contribution in [-0.2, 0) is 9.59 Å². The smallest absolute Gasteiger partial charge is 0.256 e. The van der Waals surface area contributed by atoms with E-state index in [1.165, 1.54) is 10.6 Å². The number of halogens is 1.